The Balaban J connectivity index is 3.16. The van der Waals surface area contributed by atoms with E-state index in [-0.39, 0.29) is 19.3 Å². The summed E-state index contributed by atoms with van der Waals surface area (Å²) in [6.07, 6.45) is -13.2. The molecule has 0 spiro atoms. The molecule has 0 aromatic rings. The molecule has 13 heteroatoms. The summed E-state index contributed by atoms with van der Waals surface area (Å²) in [5, 5.41) is 18.8. The van der Waals surface area contributed by atoms with E-state index >= 15 is 0 Å². The zero-order valence-electron chi connectivity index (χ0n) is 22.3. The zero-order valence-corrected chi connectivity index (χ0v) is 22.3. The van der Waals surface area contributed by atoms with E-state index in [9.17, 15) is 50.9 Å². The number of hydrogen-bond donors (Lipinski definition) is 2. The topological polar surface area (TPSA) is 110 Å². The monoisotopic (exact) mass is 564 g/mol. The minimum atomic E-state index is -6.07. The lowest BCUT2D eigenvalue weighted by Crippen LogP contribution is -2.58. The number of carbonyl (C=O) groups excluding carboxylic acids is 2. The van der Waals surface area contributed by atoms with Gasteiger partial charge in [0.2, 0.25) is 0 Å². The molecule has 7 nitrogen and oxygen atoms in total. The van der Waals surface area contributed by atoms with E-state index in [1.807, 2.05) is 6.92 Å². The molecule has 0 aliphatic heterocycles. The first-order valence-electron chi connectivity index (χ1n) is 12.7. The van der Waals surface area contributed by atoms with Crippen molar-refractivity contribution < 1.29 is 60.4 Å². The standard InChI is InChI=1S/C25H38F6O7/c1-6-21(5,20(35)37-16(4)13-23(36,24(26,27)28)25(29,30)31)14-17(12-15(3)18(32)33)19(34)38-22(7-2)10-8-9-11-22/h15-17,36H,6-14H2,1-5H3,(H,32,33). The SMILES string of the molecule is CCC1(OC(=O)C(CC(C)C(=O)O)CC(C)(CC)C(=O)OC(C)CC(O)(C(F)(F)F)C(F)(F)F)CCCC1. The van der Waals surface area contributed by atoms with Gasteiger partial charge in [0.15, 0.2) is 0 Å². The second-order valence-corrected chi connectivity index (χ2v) is 10.7. The van der Waals surface area contributed by atoms with Crippen LogP contribution in [0.25, 0.3) is 0 Å². The Labute approximate surface area is 218 Å². The van der Waals surface area contributed by atoms with Gasteiger partial charge in [0, 0.05) is 6.42 Å². The molecule has 0 aromatic carbocycles. The molecule has 1 aliphatic carbocycles. The van der Waals surface area contributed by atoms with E-state index in [0.717, 1.165) is 19.8 Å². The van der Waals surface area contributed by atoms with E-state index in [1.165, 1.54) is 20.8 Å². The molecule has 1 fully saturated rings. The highest BCUT2D eigenvalue weighted by atomic mass is 19.4. The fraction of sp³-hybridized carbons (Fsp3) is 0.880. The van der Waals surface area contributed by atoms with Gasteiger partial charge in [0.25, 0.3) is 5.60 Å². The van der Waals surface area contributed by atoms with Crippen LogP contribution >= 0.6 is 0 Å². The van der Waals surface area contributed by atoms with E-state index in [2.05, 4.69) is 0 Å². The maximum Gasteiger partial charge on any atom is 0.426 e. The first-order valence-corrected chi connectivity index (χ1v) is 12.7. The van der Waals surface area contributed by atoms with Gasteiger partial charge in [-0.25, -0.2) is 0 Å². The molecule has 0 heterocycles. The van der Waals surface area contributed by atoms with Gasteiger partial charge < -0.3 is 19.7 Å². The van der Waals surface area contributed by atoms with Crippen molar-refractivity contribution in [3.63, 3.8) is 0 Å². The maximum absolute atomic E-state index is 13.2. The van der Waals surface area contributed by atoms with Crippen molar-refractivity contribution in [2.45, 2.75) is 122 Å². The third-order valence-corrected chi connectivity index (χ3v) is 7.67. The van der Waals surface area contributed by atoms with Gasteiger partial charge in [0.1, 0.15) is 11.7 Å². The Morgan fingerprint density at radius 3 is 1.84 bits per heavy atom. The van der Waals surface area contributed by atoms with Crippen molar-refractivity contribution in [2.75, 3.05) is 0 Å². The Bertz CT molecular complexity index is 821. The van der Waals surface area contributed by atoms with Crippen LogP contribution in [0.5, 0.6) is 0 Å². The van der Waals surface area contributed by atoms with Crippen LogP contribution in [0.15, 0.2) is 0 Å². The van der Waals surface area contributed by atoms with Gasteiger partial charge >= 0.3 is 30.3 Å². The molecule has 0 radical (unpaired) electrons. The lowest BCUT2D eigenvalue weighted by Gasteiger charge is -2.36. The Kier molecular flexibility index (Phi) is 11.1. The number of hydrogen-bond acceptors (Lipinski definition) is 6. The molecular formula is C25H38F6O7. The van der Waals surface area contributed by atoms with Crippen LogP contribution < -0.4 is 0 Å². The molecule has 1 rings (SSSR count). The first kappa shape index (κ1) is 34.0. The summed E-state index contributed by atoms with van der Waals surface area (Å²) in [5.74, 6) is -5.18. The van der Waals surface area contributed by atoms with Crippen LogP contribution in [0, 0.1) is 17.3 Å². The number of esters is 2. The third-order valence-electron chi connectivity index (χ3n) is 7.67. The Morgan fingerprint density at radius 2 is 1.45 bits per heavy atom. The summed E-state index contributed by atoms with van der Waals surface area (Å²) in [5.41, 5.74) is -7.37. The van der Waals surface area contributed by atoms with E-state index < -0.39 is 71.2 Å². The summed E-state index contributed by atoms with van der Waals surface area (Å²) >= 11 is 0. The summed E-state index contributed by atoms with van der Waals surface area (Å²) in [6.45, 7) is 6.86. The number of rotatable bonds is 13. The van der Waals surface area contributed by atoms with Gasteiger partial charge in [-0.05, 0) is 65.2 Å². The molecule has 0 aromatic heterocycles. The van der Waals surface area contributed by atoms with Crippen LogP contribution in [0.4, 0.5) is 26.3 Å². The second kappa shape index (κ2) is 12.4. The lowest BCUT2D eigenvalue weighted by atomic mass is 9.76. The number of carboxylic acid groups (broad SMARTS) is 1. The fourth-order valence-corrected chi connectivity index (χ4v) is 4.73. The highest BCUT2D eigenvalue weighted by Crippen LogP contribution is 2.46. The molecule has 38 heavy (non-hydrogen) atoms. The normalized spacial score (nSPS) is 20.2. The quantitative estimate of drug-likeness (QED) is 0.210. The van der Waals surface area contributed by atoms with Crippen LogP contribution in [-0.4, -0.2) is 57.8 Å². The van der Waals surface area contributed by atoms with Crippen LogP contribution in [0.1, 0.15) is 92.4 Å². The number of halogens is 6. The molecule has 0 bridgehead atoms. The molecule has 222 valence electrons. The smallest absolute Gasteiger partial charge is 0.426 e. The van der Waals surface area contributed by atoms with Crippen LogP contribution in [0.3, 0.4) is 0 Å². The lowest BCUT2D eigenvalue weighted by molar-refractivity contribution is -0.373. The predicted molar refractivity (Wildman–Crippen MR) is 123 cm³/mol. The number of carboxylic acids is 1. The molecule has 1 aliphatic rings. The minimum Gasteiger partial charge on any atom is -0.481 e. The van der Waals surface area contributed by atoms with E-state index in [0.29, 0.717) is 19.3 Å². The van der Waals surface area contributed by atoms with Gasteiger partial charge in [0.05, 0.1) is 17.3 Å². The number of carbonyl (C=O) groups is 3. The predicted octanol–water partition coefficient (Wildman–Crippen LogP) is 5.96. The first-order chi connectivity index (χ1) is 17.2. The maximum atomic E-state index is 13.2. The largest absolute Gasteiger partial charge is 0.481 e. The molecule has 1 saturated carbocycles. The highest BCUT2D eigenvalue weighted by molar-refractivity contribution is 5.79. The van der Waals surface area contributed by atoms with Crippen molar-refractivity contribution in [1.29, 1.82) is 0 Å². The second-order valence-electron chi connectivity index (χ2n) is 10.7. The van der Waals surface area contributed by atoms with Crippen molar-refractivity contribution in [3.05, 3.63) is 0 Å². The summed E-state index contributed by atoms with van der Waals surface area (Å²) < 4.78 is 89.1. The minimum absolute atomic E-state index is 0.0223. The molecular weight excluding hydrogens is 526 g/mol. The van der Waals surface area contributed by atoms with Crippen molar-refractivity contribution in [3.8, 4) is 0 Å². The fourth-order valence-electron chi connectivity index (χ4n) is 4.73. The average molecular weight is 565 g/mol. The van der Waals surface area contributed by atoms with Crippen molar-refractivity contribution >= 4 is 17.9 Å². The van der Waals surface area contributed by atoms with Gasteiger partial charge in [-0.1, -0.05) is 20.8 Å². The summed E-state index contributed by atoms with van der Waals surface area (Å²) in [7, 11) is 0. The van der Waals surface area contributed by atoms with Gasteiger partial charge in [-0.3, -0.25) is 14.4 Å². The van der Waals surface area contributed by atoms with Crippen LogP contribution in [-0.2, 0) is 23.9 Å². The molecule has 2 N–H and O–H groups in total. The molecule has 0 amide bonds. The number of aliphatic carboxylic acids is 1. The molecule has 4 atom stereocenters. The summed E-state index contributed by atoms with van der Waals surface area (Å²) in [4.78, 5) is 37.7. The van der Waals surface area contributed by atoms with Crippen molar-refractivity contribution in [2.24, 2.45) is 17.3 Å². The molecule has 0 saturated heterocycles. The number of aliphatic hydroxyl groups is 1. The van der Waals surface area contributed by atoms with Gasteiger partial charge in [-0.15, -0.1) is 0 Å². The molecule has 4 unspecified atom stereocenters. The Morgan fingerprint density at radius 1 is 0.947 bits per heavy atom. The van der Waals surface area contributed by atoms with Gasteiger partial charge in [-0.2, -0.15) is 26.3 Å². The van der Waals surface area contributed by atoms with Crippen LogP contribution in [0.2, 0.25) is 0 Å². The zero-order chi connectivity index (χ0) is 29.7. The highest BCUT2D eigenvalue weighted by Gasteiger charge is 2.70. The number of alkyl halides is 6. The summed E-state index contributed by atoms with van der Waals surface area (Å²) in [6, 6.07) is 0. The third kappa shape index (κ3) is 7.98. The van der Waals surface area contributed by atoms with E-state index in [4.69, 9.17) is 9.47 Å². The Hall–Kier alpha value is -2.05. The van der Waals surface area contributed by atoms with Crippen molar-refractivity contribution in [1.82, 2.24) is 0 Å². The number of ether oxygens (including phenoxy) is 2. The average Bonchev–Trinajstić information content (AvgIpc) is 3.25. The van der Waals surface area contributed by atoms with E-state index in [1.54, 1.807) is 0 Å².